The molecular formula is C66H66N6O12. The van der Waals surface area contributed by atoms with Crippen LogP contribution in [0.15, 0.2) is 72.8 Å². The Morgan fingerprint density at radius 1 is 0.202 bits per heavy atom. The monoisotopic (exact) mass is 1130 g/mol. The SMILES string of the molecule is CC[C@@H](C)N1C(=O)c2ccc3c4c(ccc(c24)C1=O)C(=O)N([C@@H](C)CC)C3=O.CC[C@@H](C)N1C(=O)c2ccc3c4c(ccc(c24)C1=O)C(=O)N([C@H](C)CC)C3=O.CC[C@H](C)N1C(=O)c2ccc3c4c(ccc(c24)C1=O)C(=O)N([C@@H](C)CC)C3=O. The summed E-state index contributed by atoms with van der Waals surface area (Å²) in [6.07, 6.45) is 3.87. The zero-order valence-electron chi connectivity index (χ0n) is 49.2. The Labute approximate surface area is 485 Å². The first kappa shape index (κ1) is 58.1. The van der Waals surface area contributed by atoms with E-state index in [1.54, 1.807) is 72.8 Å². The van der Waals surface area contributed by atoms with Crippen molar-refractivity contribution in [2.45, 2.75) is 158 Å². The minimum Gasteiger partial charge on any atom is -0.272 e. The zero-order chi connectivity index (χ0) is 61.0. The number of rotatable bonds is 12. The standard InChI is InChI=1S/3C22H22N2O4/c3*1-5-11(3)23-19(25)13-7-9-15-18-16(10-8-14(17(13)18)20(23)26)22(28)24(21(15)27)12(4)6-2/h3*7-12H,5-6H2,1-4H3/t11-,12+;2*11-,12-/m.10/s1. The molecule has 0 aromatic heterocycles. The van der Waals surface area contributed by atoms with Crippen molar-refractivity contribution in [3.05, 3.63) is 140 Å². The molecule has 12 amide bonds. The van der Waals surface area contributed by atoms with Gasteiger partial charge in [0.2, 0.25) is 0 Å². The highest BCUT2D eigenvalue weighted by Crippen LogP contribution is 2.43. The molecule has 0 radical (unpaired) electrons. The van der Waals surface area contributed by atoms with Gasteiger partial charge in [0.15, 0.2) is 0 Å². The summed E-state index contributed by atoms with van der Waals surface area (Å²) >= 11 is 0. The third kappa shape index (κ3) is 8.33. The van der Waals surface area contributed by atoms with Gasteiger partial charge >= 0.3 is 0 Å². The van der Waals surface area contributed by atoms with E-state index in [1.807, 2.05) is 83.1 Å². The Morgan fingerprint density at radius 3 is 0.357 bits per heavy atom. The van der Waals surface area contributed by atoms with E-state index in [4.69, 9.17) is 0 Å². The van der Waals surface area contributed by atoms with E-state index in [0.717, 1.165) is 0 Å². The molecule has 0 spiro atoms. The minimum absolute atomic E-state index is 0.236. The first-order valence-electron chi connectivity index (χ1n) is 29.1. The maximum absolute atomic E-state index is 13.0. The van der Waals surface area contributed by atoms with Crippen molar-refractivity contribution in [1.29, 1.82) is 0 Å². The Hall–Kier alpha value is -9.06. The largest absolute Gasteiger partial charge is 0.272 e. The highest BCUT2D eigenvalue weighted by molar-refractivity contribution is 6.36. The zero-order valence-corrected chi connectivity index (χ0v) is 49.2. The maximum atomic E-state index is 13.0. The van der Waals surface area contributed by atoms with Crippen LogP contribution in [0.3, 0.4) is 0 Å². The molecule has 0 fully saturated rings. The van der Waals surface area contributed by atoms with Crippen LogP contribution in [0.5, 0.6) is 0 Å². The number of imide groups is 6. The summed E-state index contributed by atoms with van der Waals surface area (Å²) in [7, 11) is 0. The van der Waals surface area contributed by atoms with Crippen LogP contribution < -0.4 is 0 Å². The van der Waals surface area contributed by atoms with Gasteiger partial charge in [-0.05, 0) is 153 Å². The second-order valence-corrected chi connectivity index (χ2v) is 22.6. The van der Waals surface area contributed by atoms with Crippen LogP contribution in [0.4, 0.5) is 0 Å². The van der Waals surface area contributed by atoms with E-state index in [1.165, 1.54) is 29.4 Å². The van der Waals surface area contributed by atoms with Gasteiger partial charge < -0.3 is 0 Å². The van der Waals surface area contributed by atoms with E-state index < -0.39 is 0 Å². The Bertz CT molecular complexity index is 3160. The van der Waals surface area contributed by atoms with E-state index in [-0.39, 0.29) is 107 Å². The number of nitrogens with zero attached hydrogens (tertiary/aromatic N) is 6. The fourth-order valence-corrected chi connectivity index (χ4v) is 12.2. The Morgan fingerprint density at radius 2 is 0.286 bits per heavy atom. The summed E-state index contributed by atoms with van der Waals surface area (Å²) in [4.78, 5) is 164. The van der Waals surface area contributed by atoms with Crippen LogP contribution >= 0.6 is 0 Å². The molecule has 0 saturated heterocycles. The summed E-state index contributed by atoms with van der Waals surface area (Å²) in [6.45, 7) is 22.5. The first-order chi connectivity index (χ1) is 40.0. The molecule has 6 heterocycles. The summed E-state index contributed by atoms with van der Waals surface area (Å²) in [6, 6.07) is 17.9. The van der Waals surface area contributed by atoms with Crippen molar-refractivity contribution in [2.75, 3.05) is 0 Å². The van der Waals surface area contributed by atoms with Crippen LogP contribution in [0.25, 0.3) is 32.3 Å². The molecule has 0 bridgehead atoms. The van der Waals surface area contributed by atoms with Crippen LogP contribution in [0, 0.1) is 0 Å². The lowest BCUT2D eigenvalue weighted by Gasteiger charge is -2.35. The summed E-state index contributed by atoms with van der Waals surface area (Å²) < 4.78 is 0. The molecule has 84 heavy (non-hydrogen) atoms. The fourth-order valence-electron chi connectivity index (χ4n) is 12.2. The van der Waals surface area contributed by atoms with Gasteiger partial charge in [0.05, 0.1) is 0 Å². The lowest BCUT2D eigenvalue weighted by Crippen LogP contribution is -2.47. The molecule has 6 aromatic rings. The summed E-state index contributed by atoms with van der Waals surface area (Å²) in [5, 5.41) is 2.56. The van der Waals surface area contributed by atoms with Crippen LogP contribution in [-0.4, -0.2) is 137 Å². The van der Waals surface area contributed by atoms with Crippen LogP contribution in [0.1, 0.15) is 246 Å². The molecule has 0 N–H and O–H groups in total. The summed E-state index contributed by atoms with van der Waals surface area (Å²) in [5.41, 5.74) is 4.42. The number of carbonyl (C=O) groups excluding carboxylic acids is 12. The molecule has 6 aromatic carbocycles. The quantitative estimate of drug-likeness (QED) is 0.104. The molecule has 0 saturated carbocycles. The van der Waals surface area contributed by atoms with Gasteiger partial charge in [0, 0.05) is 135 Å². The van der Waals surface area contributed by atoms with Gasteiger partial charge in [-0.25, -0.2) is 0 Å². The molecule has 0 aliphatic carbocycles. The highest BCUT2D eigenvalue weighted by Gasteiger charge is 2.45. The van der Waals surface area contributed by atoms with E-state index in [0.29, 0.717) is 138 Å². The van der Waals surface area contributed by atoms with Crippen molar-refractivity contribution in [2.24, 2.45) is 0 Å². The number of benzene rings is 6. The third-order valence-electron chi connectivity index (χ3n) is 18.1. The van der Waals surface area contributed by atoms with Gasteiger partial charge in [0.1, 0.15) is 0 Å². The molecule has 432 valence electrons. The van der Waals surface area contributed by atoms with Gasteiger partial charge in [0.25, 0.3) is 70.9 Å². The number of hydrogen-bond acceptors (Lipinski definition) is 12. The second-order valence-electron chi connectivity index (χ2n) is 22.6. The molecule has 6 atom stereocenters. The molecular weight excluding hydrogens is 1070 g/mol. The lowest BCUT2D eigenvalue weighted by atomic mass is 9.85. The van der Waals surface area contributed by atoms with Crippen molar-refractivity contribution in [3.8, 4) is 0 Å². The minimum atomic E-state index is -0.375. The van der Waals surface area contributed by atoms with Gasteiger partial charge in [-0.3, -0.25) is 86.9 Å². The fraction of sp³-hybridized carbons (Fsp3) is 0.364. The van der Waals surface area contributed by atoms with Crippen LogP contribution in [-0.2, 0) is 0 Å². The smallest absolute Gasteiger partial charge is 0.261 e. The molecule has 18 heteroatoms. The number of carbonyl (C=O) groups is 12. The topological polar surface area (TPSA) is 224 Å². The Balaban J connectivity index is 0.000000140. The average molecular weight is 1140 g/mol. The Kier molecular flexibility index (Phi) is 15.0. The highest BCUT2D eigenvalue weighted by atomic mass is 16.2. The molecule has 6 aliphatic heterocycles. The van der Waals surface area contributed by atoms with E-state index in [9.17, 15) is 57.5 Å². The molecule has 12 rings (SSSR count). The van der Waals surface area contributed by atoms with Crippen molar-refractivity contribution in [1.82, 2.24) is 29.4 Å². The van der Waals surface area contributed by atoms with Crippen molar-refractivity contribution >= 4 is 103 Å². The number of amides is 12. The summed E-state index contributed by atoms with van der Waals surface area (Å²) in [5.74, 6) is -4.50. The molecule has 6 aliphatic rings. The normalized spacial score (nSPS) is 18.1. The number of hydrogen-bond donors (Lipinski definition) is 0. The van der Waals surface area contributed by atoms with Gasteiger partial charge in [-0.2, -0.15) is 0 Å². The van der Waals surface area contributed by atoms with E-state index in [2.05, 4.69) is 0 Å². The van der Waals surface area contributed by atoms with Crippen LogP contribution in [0.2, 0.25) is 0 Å². The predicted molar refractivity (Wildman–Crippen MR) is 313 cm³/mol. The average Bonchev–Trinajstić information content (AvgIpc) is 0.826. The second kappa shape index (κ2) is 21.6. The van der Waals surface area contributed by atoms with Gasteiger partial charge in [-0.15, -0.1) is 0 Å². The van der Waals surface area contributed by atoms with Crippen molar-refractivity contribution < 1.29 is 57.5 Å². The van der Waals surface area contributed by atoms with E-state index >= 15 is 0 Å². The molecule has 18 nitrogen and oxygen atoms in total. The first-order valence-corrected chi connectivity index (χ1v) is 29.1. The van der Waals surface area contributed by atoms with Crippen molar-refractivity contribution in [3.63, 3.8) is 0 Å². The molecule has 0 unspecified atom stereocenters. The third-order valence-corrected chi connectivity index (χ3v) is 18.1. The van der Waals surface area contributed by atoms with Gasteiger partial charge in [-0.1, -0.05) is 41.5 Å². The predicted octanol–water partition coefficient (Wildman–Crippen LogP) is 10.9. The lowest BCUT2D eigenvalue weighted by molar-refractivity contribution is 0.0525. The maximum Gasteiger partial charge on any atom is 0.261 e.